The Bertz CT molecular complexity index is 440. The topological polar surface area (TPSA) is 44.8 Å². The summed E-state index contributed by atoms with van der Waals surface area (Å²) in [5.41, 5.74) is 2.07. The molecular formula is C16H24O4. The number of hydrogen-bond donors (Lipinski definition) is 0. The SMILES string of the molecule is CCOC(=O)C(Cc1ccc(OC)c(C)c1)OC(C)C. The molecule has 4 heteroatoms. The monoisotopic (exact) mass is 280 g/mol. The van der Waals surface area contributed by atoms with Crippen LogP contribution in [0.1, 0.15) is 31.9 Å². The van der Waals surface area contributed by atoms with Crippen LogP contribution < -0.4 is 4.74 Å². The van der Waals surface area contributed by atoms with Crippen molar-refractivity contribution in [2.24, 2.45) is 0 Å². The van der Waals surface area contributed by atoms with Gasteiger partial charge in [-0.15, -0.1) is 0 Å². The molecule has 0 aromatic heterocycles. The van der Waals surface area contributed by atoms with E-state index in [9.17, 15) is 4.79 Å². The summed E-state index contributed by atoms with van der Waals surface area (Å²) in [7, 11) is 1.64. The van der Waals surface area contributed by atoms with Gasteiger partial charge < -0.3 is 14.2 Å². The van der Waals surface area contributed by atoms with Crippen molar-refractivity contribution in [1.29, 1.82) is 0 Å². The van der Waals surface area contributed by atoms with Crippen LogP contribution in [0.3, 0.4) is 0 Å². The summed E-state index contributed by atoms with van der Waals surface area (Å²) in [6.07, 6.45) is -0.0894. The number of hydrogen-bond acceptors (Lipinski definition) is 4. The van der Waals surface area contributed by atoms with Crippen LogP contribution in [-0.4, -0.2) is 31.9 Å². The van der Waals surface area contributed by atoms with Crippen LogP contribution in [0.5, 0.6) is 5.75 Å². The molecule has 1 aromatic carbocycles. The van der Waals surface area contributed by atoms with Crippen molar-refractivity contribution >= 4 is 5.97 Å². The van der Waals surface area contributed by atoms with Crippen molar-refractivity contribution in [3.63, 3.8) is 0 Å². The molecule has 0 aliphatic rings. The van der Waals surface area contributed by atoms with Crippen LogP contribution in [0.2, 0.25) is 0 Å². The first-order chi connectivity index (χ1) is 9.47. The summed E-state index contributed by atoms with van der Waals surface area (Å²) < 4.78 is 16.0. The summed E-state index contributed by atoms with van der Waals surface area (Å²) in [5, 5.41) is 0. The maximum atomic E-state index is 11.9. The van der Waals surface area contributed by atoms with Crippen LogP contribution >= 0.6 is 0 Å². The fourth-order valence-corrected chi connectivity index (χ4v) is 2.03. The first-order valence-corrected chi connectivity index (χ1v) is 6.93. The van der Waals surface area contributed by atoms with E-state index in [0.717, 1.165) is 16.9 Å². The fourth-order valence-electron chi connectivity index (χ4n) is 2.03. The molecule has 4 nitrogen and oxygen atoms in total. The average Bonchev–Trinajstić information content (AvgIpc) is 2.38. The molecule has 20 heavy (non-hydrogen) atoms. The van der Waals surface area contributed by atoms with Crippen molar-refractivity contribution < 1.29 is 19.0 Å². The number of esters is 1. The van der Waals surface area contributed by atoms with Crippen LogP contribution in [-0.2, 0) is 20.7 Å². The molecule has 112 valence electrons. The molecule has 0 heterocycles. The Morgan fingerprint density at radius 1 is 1.30 bits per heavy atom. The first kappa shape index (κ1) is 16.5. The summed E-state index contributed by atoms with van der Waals surface area (Å²) in [5.74, 6) is 0.529. The predicted octanol–water partition coefficient (Wildman–Crippen LogP) is 2.90. The highest BCUT2D eigenvalue weighted by Gasteiger charge is 2.22. The predicted molar refractivity (Wildman–Crippen MR) is 78.1 cm³/mol. The van der Waals surface area contributed by atoms with E-state index in [1.54, 1.807) is 14.0 Å². The zero-order valence-electron chi connectivity index (χ0n) is 12.9. The Kier molecular flexibility index (Phi) is 6.52. The average molecular weight is 280 g/mol. The van der Waals surface area contributed by atoms with E-state index in [1.165, 1.54) is 0 Å². The van der Waals surface area contributed by atoms with Crippen molar-refractivity contribution in [2.45, 2.75) is 46.3 Å². The Morgan fingerprint density at radius 3 is 2.50 bits per heavy atom. The van der Waals surface area contributed by atoms with E-state index in [0.29, 0.717) is 13.0 Å². The van der Waals surface area contributed by atoms with Gasteiger partial charge in [0, 0.05) is 6.42 Å². The number of rotatable bonds is 7. The molecule has 0 spiro atoms. The summed E-state index contributed by atoms with van der Waals surface area (Å²) >= 11 is 0. The molecule has 0 radical (unpaired) electrons. The molecular weight excluding hydrogens is 256 g/mol. The molecule has 1 aromatic rings. The Labute approximate surface area is 121 Å². The lowest BCUT2D eigenvalue weighted by atomic mass is 10.0. The number of aryl methyl sites for hydroxylation is 1. The molecule has 0 N–H and O–H groups in total. The molecule has 0 aliphatic heterocycles. The zero-order chi connectivity index (χ0) is 15.1. The molecule has 0 amide bonds. The van der Waals surface area contributed by atoms with Crippen molar-refractivity contribution in [2.75, 3.05) is 13.7 Å². The molecule has 0 aliphatic carbocycles. The van der Waals surface area contributed by atoms with Gasteiger partial charge in [0.05, 0.1) is 19.8 Å². The molecule has 1 rings (SSSR count). The van der Waals surface area contributed by atoms with Crippen LogP contribution in [0.4, 0.5) is 0 Å². The first-order valence-electron chi connectivity index (χ1n) is 6.93. The van der Waals surface area contributed by atoms with E-state index >= 15 is 0 Å². The maximum absolute atomic E-state index is 11.9. The van der Waals surface area contributed by atoms with E-state index in [4.69, 9.17) is 14.2 Å². The van der Waals surface area contributed by atoms with E-state index in [-0.39, 0.29) is 12.1 Å². The van der Waals surface area contributed by atoms with Gasteiger partial charge in [0.25, 0.3) is 0 Å². The second-order valence-corrected chi connectivity index (χ2v) is 4.93. The number of ether oxygens (including phenoxy) is 3. The third kappa shape index (κ3) is 4.85. The minimum atomic E-state index is -0.567. The molecule has 1 atom stereocenters. The number of methoxy groups -OCH3 is 1. The summed E-state index contributed by atoms with van der Waals surface area (Å²) in [4.78, 5) is 11.9. The highest BCUT2D eigenvalue weighted by Crippen LogP contribution is 2.20. The number of carbonyl (C=O) groups excluding carboxylic acids is 1. The van der Waals surface area contributed by atoms with Gasteiger partial charge in [-0.25, -0.2) is 4.79 Å². The summed E-state index contributed by atoms with van der Waals surface area (Å²) in [6, 6.07) is 5.86. The van der Waals surface area contributed by atoms with Gasteiger partial charge in [0.2, 0.25) is 0 Å². The van der Waals surface area contributed by atoms with Gasteiger partial charge in [0.15, 0.2) is 6.10 Å². The fraction of sp³-hybridized carbons (Fsp3) is 0.562. The van der Waals surface area contributed by atoms with Gasteiger partial charge in [-0.2, -0.15) is 0 Å². The lowest BCUT2D eigenvalue weighted by Gasteiger charge is -2.19. The largest absolute Gasteiger partial charge is 0.496 e. The number of benzene rings is 1. The van der Waals surface area contributed by atoms with Gasteiger partial charge in [0.1, 0.15) is 5.75 Å². The molecule has 0 fully saturated rings. The van der Waals surface area contributed by atoms with Crippen molar-refractivity contribution in [3.05, 3.63) is 29.3 Å². The second-order valence-electron chi connectivity index (χ2n) is 4.93. The van der Waals surface area contributed by atoms with Crippen LogP contribution in [0, 0.1) is 6.92 Å². The lowest BCUT2D eigenvalue weighted by Crippen LogP contribution is -2.31. The van der Waals surface area contributed by atoms with Crippen LogP contribution in [0.25, 0.3) is 0 Å². The van der Waals surface area contributed by atoms with Crippen LogP contribution in [0.15, 0.2) is 18.2 Å². The van der Waals surface area contributed by atoms with Gasteiger partial charge in [-0.1, -0.05) is 12.1 Å². The highest BCUT2D eigenvalue weighted by molar-refractivity contribution is 5.75. The Balaban J connectivity index is 2.83. The molecule has 0 bridgehead atoms. The normalized spacial score (nSPS) is 12.3. The Morgan fingerprint density at radius 2 is 2.00 bits per heavy atom. The minimum Gasteiger partial charge on any atom is -0.496 e. The third-order valence-corrected chi connectivity index (χ3v) is 2.87. The Hall–Kier alpha value is -1.55. The quantitative estimate of drug-likeness (QED) is 0.720. The highest BCUT2D eigenvalue weighted by atomic mass is 16.6. The maximum Gasteiger partial charge on any atom is 0.335 e. The third-order valence-electron chi connectivity index (χ3n) is 2.87. The van der Waals surface area contributed by atoms with E-state index < -0.39 is 6.10 Å². The zero-order valence-corrected chi connectivity index (χ0v) is 12.9. The van der Waals surface area contributed by atoms with Crippen molar-refractivity contribution in [1.82, 2.24) is 0 Å². The lowest BCUT2D eigenvalue weighted by molar-refractivity contribution is -0.159. The number of carbonyl (C=O) groups is 1. The summed E-state index contributed by atoms with van der Waals surface area (Å²) in [6.45, 7) is 7.95. The molecule has 1 unspecified atom stereocenters. The molecule has 0 saturated carbocycles. The van der Waals surface area contributed by atoms with Gasteiger partial charge in [-0.05, 0) is 44.9 Å². The van der Waals surface area contributed by atoms with E-state index in [2.05, 4.69) is 0 Å². The minimum absolute atomic E-state index is 0.0243. The smallest absolute Gasteiger partial charge is 0.335 e. The molecule has 0 saturated heterocycles. The van der Waals surface area contributed by atoms with Gasteiger partial charge >= 0.3 is 5.97 Å². The second kappa shape index (κ2) is 7.90. The standard InChI is InChI=1S/C16H24O4/c1-6-19-16(17)15(20-11(2)3)10-13-7-8-14(18-5)12(4)9-13/h7-9,11,15H,6,10H2,1-5H3. The van der Waals surface area contributed by atoms with Crippen molar-refractivity contribution in [3.8, 4) is 5.75 Å². The van der Waals surface area contributed by atoms with Gasteiger partial charge in [-0.3, -0.25) is 0 Å². The van der Waals surface area contributed by atoms with E-state index in [1.807, 2.05) is 39.0 Å².